The molecule has 0 fully saturated rings. The van der Waals surface area contributed by atoms with Crippen molar-refractivity contribution in [3.8, 4) is 39.4 Å². The minimum Gasteiger partial charge on any atom is -0.457 e. The van der Waals surface area contributed by atoms with Crippen LogP contribution >= 0.6 is 0 Å². The number of aromatic nitrogens is 1. The van der Waals surface area contributed by atoms with E-state index >= 15 is 0 Å². The predicted octanol–water partition coefficient (Wildman–Crippen LogP) is 12.1. The Morgan fingerprint density at radius 1 is 0.429 bits per heavy atom. The van der Waals surface area contributed by atoms with Crippen LogP contribution in [-0.2, 0) is 5.41 Å². The predicted molar refractivity (Wildman–Crippen MR) is 201 cm³/mol. The highest BCUT2D eigenvalue weighted by molar-refractivity contribution is 6.23. The smallest absolute Gasteiger partial charge is 0.132 e. The Bertz CT molecular complexity index is 2760. The second kappa shape index (κ2) is 9.82. The maximum atomic E-state index is 6.79. The van der Waals surface area contributed by atoms with Crippen molar-refractivity contribution in [3.05, 3.63) is 198 Å². The Hall–Kier alpha value is -6.38. The molecule has 228 valence electrons. The van der Waals surface area contributed by atoms with Crippen LogP contribution in [0.2, 0.25) is 0 Å². The standard InChI is InChI=1S/C47H29NO/c1-2-15-32(16-3-1)48-41-24-12-8-20-36(41)46-42(48)29-30-14-4-5-17-33(30)45(46)31-26-27-44-40(28-31)47(39-23-11-13-25-43(39)49-44)37-21-9-6-18-34(37)35-19-7-10-22-38(35)47/h1-29H. The Morgan fingerprint density at radius 3 is 1.84 bits per heavy atom. The summed E-state index contributed by atoms with van der Waals surface area (Å²) in [4.78, 5) is 0. The molecule has 2 heteroatoms. The third kappa shape index (κ3) is 3.45. The average Bonchev–Trinajstić information content (AvgIpc) is 3.65. The van der Waals surface area contributed by atoms with E-state index in [1.807, 2.05) is 0 Å². The molecule has 1 aliphatic carbocycles. The molecule has 0 radical (unpaired) electrons. The average molecular weight is 624 g/mol. The van der Waals surface area contributed by atoms with Crippen molar-refractivity contribution in [3.63, 3.8) is 0 Å². The van der Waals surface area contributed by atoms with Gasteiger partial charge in [-0.2, -0.15) is 0 Å². The van der Waals surface area contributed by atoms with Crippen molar-refractivity contribution in [2.24, 2.45) is 0 Å². The maximum absolute atomic E-state index is 6.79. The molecular formula is C47H29NO. The number of nitrogens with zero attached hydrogens (tertiary/aromatic N) is 1. The van der Waals surface area contributed by atoms with Crippen molar-refractivity contribution in [1.29, 1.82) is 0 Å². The second-order valence-electron chi connectivity index (χ2n) is 13.2. The van der Waals surface area contributed by atoms with Gasteiger partial charge in [0.25, 0.3) is 0 Å². The van der Waals surface area contributed by atoms with Crippen molar-refractivity contribution >= 4 is 32.6 Å². The molecule has 8 aromatic carbocycles. The molecule has 1 aliphatic heterocycles. The van der Waals surface area contributed by atoms with E-state index in [9.17, 15) is 0 Å². The van der Waals surface area contributed by atoms with E-state index in [4.69, 9.17) is 4.74 Å². The number of hydrogen-bond donors (Lipinski definition) is 0. The van der Waals surface area contributed by atoms with Crippen LogP contribution in [0, 0.1) is 0 Å². The van der Waals surface area contributed by atoms with Crippen LogP contribution in [0.3, 0.4) is 0 Å². The Kier molecular flexibility index (Phi) is 5.34. The van der Waals surface area contributed by atoms with Gasteiger partial charge in [0, 0.05) is 27.6 Å². The molecule has 0 N–H and O–H groups in total. The lowest BCUT2D eigenvalue weighted by Crippen LogP contribution is -2.32. The van der Waals surface area contributed by atoms with Crippen LogP contribution in [0.1, 0.15) is 22.3 Å². The Balaban J connectivity index is 1.29. The van der Waals surface area contributed by atoms with Gasteiger partial charge in [0.2, 0.25) is 0 Å². The van der Waals surface area contributed by atoms with Gasteiger partial charge < -0.3 is 9.30 Å². The molecule has 11 rings (SSSR count). The molecule has 1 spiro atoms. The minimum absolute atomic E-state index is 0.519. The second-order valence-corrected chi connectivity index (χ2v) is 13.2. The largest absolute Gasteiger partial charge is 0.457 e. The lowest BCUT2D eigenvalue weighted by molar-refractivity contribution is 0.436. The van der Waals surface area contributed by atoms with E-state index < -0.39 is 5.41 Å². The summed E-state index contributed by atoms with van der Waals surface area (Å²) < 4.78 is 9.21. The summed E-state index contributed by atoms with van der Waals surface area (Å²) in [5, 5.41) is 4.96. The highest BCUT2D eigenvalue weighted by Crippen LogP contribution is 2.62. The van der Waals surface area contributed by atoms with E-state index in [1.54, 1.807) is 0 Å². The topological polar surface area (TPSA) is 14.2 Å². The fraction of sp³-hybridized carbons (Fsp3) is 0.0213. The summed E-state index contributed by atoms with van der Waals surface area (Å²) in [6, 6.07) is 64.1. The lowest BCUT2D eigenvalue weighted by atomic mass is 9.65. The van der Waals surface area contributed by atoms with Crippen LogP contribution < -0.4 is 4.74 Å². The van der Waals surface area contributed by atoms with Gasteiger partial charge in [-0.3, -0.25) is 0 Å². The number of rotatable bonds is 2. The van der Waals surface area contributed by atoms with Gasteiger partial charge in [0.1, 0.15) is 11.5 Å². The quantitative estimate of drug-likeness (QED) is 0.187. The molecule has 2 heterocycles. The maximum Gasteiger partial charge on any atom is 0.132 e. The van der Waals surface area contributed by atoms with Crippen LogP contribution in [0.5, 0.6) is 11.5 Å². The van der Waals surface area contributed by atoms with Gasteiger partial charge in [-0.15, -0.1) is 0 Å². The zero-order valence-corrected chi connectivity index (χ0v) is 26.6. The molecule has 0 atom stereocenters. The van der Waals surface area contributed by atoms with E-state index in [0.717, 1.165) is 17.2 Å². The van der Waals surface area contributed by atoms with Crippen LogP contribution in [0.4, 0.5) is 0 Å². The highest BCUT2D eigenvalue weighted by atomic mass is 16.5. The summed E-state index contributed by atoms with van der Waals surface area (Å²) in [6.45, 7) is 0. The van der Waals surface area contributed by atoms with Crippen LogP contribution in [0.15, 0.2) is 176 Å². The van der Waals surface area contributed by atoms with Crippen LogP contribution in [0.25, 0.3) is 60.5 Å². The molecule has 0 saturated carbocycles. The van der Waals surface area contributed by atoms with Gasteiger partial charge >= 0.3 is 0 Å². The number of benzene rings is 8. The van der Waals surface area contributed by atoms with Crippen molar-refractivity contribution in [1.82, 2.24) is 4.57 Å². The SMILES string of the molecule is c1ccc(-n2c3ccccc3c3c(-c4ccc5c(c4)C4(c6ccccc6O5)c5ccccc5-c5ccccc54)c4ccccc4cc32)cc1. The van der Waals surface area contributed by atoms with E-state index in [2.05, 4.69) is 180 Å². The van der Waals surface area contributed by atoms with Gasteiger partial charge in [0.05, 0.1) is 16.4 Å². The van der Waals surface area contributed by atoms with Gasteiger partial charge in [-0.25, -0.2) is 0 Å². The summed E-state index contributed by atoms with van der Waals surface area (Å²) in [5.41, 5.74) is 13.0. The number of para-hydroxylation sites is 3. The summed E-state index contributed by atoms with van der Waals surface area (Å²) in [5.74, 6) is 1.81. The zero-order chi connectivity index (χ0) is 32.1. The molecule has 0 saturated heterocycles. The fourth-order valence-corrected chi connectivity index (χ4v) is 8.96. The van der Waals surface area contributed by atoms with Gasteiger partial charge in [-0.05, 0) is 86.6 Å². The van der Waals surface area contributed by atoms with Gasteiger partial charge in [0.15, 0.2) is 0 Å². The monoisotopic (exact) mass is 623 g/mol. The number of fused-ring (bicyclic) bond motifs is 13. The molecule has 49 heavy (non-hydrogen) atoms. The molecular weight excluding hydrogens is 595 g/mol. The summed E-state index contributed by atoms with van der Waals surface area (Å²) in [7, 11) is 0. The number of hydrogen-bond acceptors (Lipinski definition) is 1. The van der Waals surface area contributed by atoms with Gasteiger partial charge in [-0.1, -0.05) is 133 Å². The molecule has 0 unspecified atom stereocenters. The first kappa shape index (κ1) is 26.7. The Morgan fingerprint density at radius 2 is 1.04 bits per heavy atom. The van der Waals surface area contributed by atoms with E-state index in [1.165, 1.54) is 77.1 Å². The fourth-order valence-electron chi connectivity index (χ4n) is 8.96. The zero-order valence-electron chi connectivity index (χ0n) is 26.6. The summed E-state index contributed by atoms with van der Waals surface area (Å²) in [6.07, 6.45) is 0. The first-order chi connectivity index (χ1) is 24.3. The van der Waals surface area contributed by atoms with Crippen molar-refractivity contribution < 1.29 is 4.74 Å². The third-order valence-corrected chi connectivity index (χ3v) is 10.8. The molecule has 0 amide bonds. The minimum atomic E-state index is -0.519. The lowest BCUT2D eigenvalue weighted by Gasteiger charge is -2.39. The third-order valence-electron chi connectivity index (χ3n) is 10.8. The first-order valence-corrected chi connectivity index (χ1v) is 16.9. The molecule has 2 aliphatic rings. The normalized spacial score (nSPS) is 13.6. The molecule has 1 aromatic heterocycles. The first-order valence-electron chi connectivity index (χ1n) is 16.9. The van der Waals surface area contributed by atoms with Crippen LogP contribution in [-0.4, -0.2) is 4.57 Å². The molecule has 2 nitrogen and oxygen atoms in total. The van der Waals surface area contributed by atoms with E-state index in [-0.39, 0.29) is 0 Å². The highest BCUT2D eigenvalue weighted by Gasteiger charge is 2.51. The number of ether oxygens (including phenoxy) is 1. The molecule has 9 aromatic rings. The van der Waals surface area contributed by atoms with Crippen molar-refractivity contribution in [2.45, 2.75) is 5.41 Å². The van der Waals surface area contributed by atoms with E-state index in [0.29, 0.717) is 0 Å². The Labute approximate surface area is 284 Å². The van der Waals surface area contributed by atoms with Crippen molar-refractivity contribution in [2.75, 3.05) is 0 Å². The summed E-state index contributed by atoms with van der Waals surface area (Å²) >= 11 is 0. The molecule has 0 bridgehead atoms.